The van der Waals surface area contributed by atoms with E-state index in [9.17, 15) is 9.59 Å². The molecule has 0 radical (unpaired) electrons. The predicted octanol–water partition coefficient (Wildman–Crippen LogP) is 2.45. The van der Waals surface area contributed by atoms with Gasteiger partial charge in [0, 0.05) is 18.3 Å². The van der Waals surface area contributed by atoms with Crippen molar-refractivity contribution in [3.05, 3.63) is 35.7 Å². The van der Waals surface area contributed by atoms with Crippen molar-refractivity contribution in [3.8, 4) is 0 Å². The fourth-order valence-corrected chi connectivity index (χ4v) is 2.56. The SMILES string of the molecule is CCSc1nnc(CNC(=O)Nc2cccc(C(C)=O)c2)n1C. The summed E-state index contributed by atoms with van der Waals surface area (Å²) in [6.07, 6.45) is 0. The maximum atomic E-state index is 11.9. The van der Waals surface area contributed by atoms with Crippen LogP contribution in [0.25, 0.3) is 0 Å². The lowest BCUT2D eigenvalue weighted by atomic mass is 10.1. The van der Waals surface area contributed by atoms with E-state index in [4.69, 9.17) is 0 Å². The molecule has 2 aromatic rings. The summed E-state index contributed by atoms with van der Waals surface area (Å²) >= 11 is 1.59. The molecule has 0 aliphatic rings. The lowest BCUT2D eigenvalue weighted by Gasteiger charge is -2.08. The first kappa shape index (κ1) is 17.0. The zero-order valence-corrected chi connectivity index (χ0v) is 14.1. The highest BCUT2D eigenvalue weighted by atomic mass is 32.2. The number of nitrogens with one attached hydrogen (secondary N) is 2. The predicted molar refractivity (Wildman–Crippen MR) is 89.7 cm³/mol. The second-order valence-electron chi connectivity index (χ2n) is 4.84. The van der Waals surface area contributed by atoms with E-state index in [-0.39, 0.29) is 18.4 Å². The fourth-order valence-electron chi connectivity index (χ4n) is 1.90. The number of Topliss-reactive ketones (excluding diaryl/α,β-unsaturated/α-hetero) is 1. The minimum Gasteiger partial charge on any atom is -0.331 e. The Morgan fingerprint density at radius 3 is 2.78 bits per heavy atom. The Kier molecular flexibility index (Phi) is 5.75. The third kappa shape index (κ3) is 4.56. The van der Waals surface area contributed by atoms with E-state index in [1.807, 2.05) is 18.5 Å². The van der Waals surface area contributed by atoms with Crippen LogP contribution in [0.4, 0.5) is 10.5 Å². The summed E-state index contributed by atoms with van der Waals surface area (Å²) in [4.78, 5) is 23.3. The van der Waals surface area contributed by atoms with Crippen LogP contribution in [0.1, 0.15) is 30.0 Å². The maximum absolute atomic E-state index is 11.9. The molecule has 0 saturated carbocycles. The van der Waals surface area contributed by atoms with E-state index in [0.717, 1.165) is 10.9 Å². The first-order valence-electron chi connectivity index (χ1n) is 7.18. The molecule has 0 aliphatic carbocycles. The van der Waals surface area contributed by atoms with E-state index < -0.39 is 0 Å². The second-order valence-corrected chi connectivity index (χ2v) is 6.07. The third-order valence-electron chi connectivity index (χ3n) is 3.13. The molecule has 23 heavy (non-hydrogen) atoms. The molecule has 0 bridgehead atoms. The molecule has 1 heterocycles. The summed E-state index contributed by atoms with van der Waals surface area (Å²) in [5.74, 6) is 1.54. The quantitative estimate of drug-likeness (QED) is 0.626. The minimum absolute atomic E-state index is 0.0471. The number of benzene rings is 1. The second kappa shape index (κ2) is 7.77. The van der Waals surface area contributed by atoms with Crippen LogP contribution >= 0.6 is 11.8 Å². The summed E-state index contributed by atoms with van der Waals surface area (Å²) in [5, 5.41) is 14.4. The molecule has 0 unspecified atom stereocenters. The molecule has 1 aromatic carbocycles. The molecular formula is C15H19N5O2S. The monoisotopic (exact) mass is 333 g/mol. The number of hydrogen-bond donors (Lipinski definition) is 2. The van der Waals surface area contributed by atoms with Gasteiger partial charge in [-0.2, -0.15) is 0 Å². The average molecular weight is 333 g/mol. The van der Waals surface area contributed by atoms with Crippen LogP contribution in [0.5, 0.6) is 0 Å². The van der Waals surface area contributed by atoms with Crippen LogP contribution in [0.3, 0.4) is 0 Å². The minimum atomic E-state index is -0.363. The van der Waals surface area contributed by atoms with Crippen LogP contribution < -0.4 is 10.6 Å². The summed E-state index contributed by atoms with van der Waals surface area (Å²) in [7, 11) is 1.86. The molecule has 7 nitrogen and oxygen atoms in total. The van der Waals surface area contributed by atoms with Crippen molar-refractivity contribution in [1.82, 2.24) is 20.1 Å². The van der Waals surface area contributed by atoms with Crippen LogP contribution in [0, 0.1) is 0 Å². The smallest absolute Gasteiger partial charge is 0.319 e. The van der Waals surface area contributed by atoms with Gasteiger partial charge in [0.1, 0.15) is 0 Å². The van der Waals surface area contributed by atoms with E-state index in [1.54, 1.807) is 36.0 Å². The number of nitrogens with zero attached hydrogens (tertiary/aromatic N) is 3. The molecule has 0 saturated heterocycles. The summed E-state index contributed by atoms with van der Waals surface area (Å²) < 4.78 is 1.85. The first-order valence-corrected chi connectivity index (χ1v) is 8.16. The third-order valence-corrected chi connectivity index (χ3v) is 4.03. The normalized spacial score (nSPS) is 10.4. The molecule has 2 rings (SSSR count). The van der Waals surface area contributed by atoms with Crippen molar-refractivity contribution in [1.29, 1.82) is 0 Å². The number of anilines is 1. The van der Waals surface area contributed by atoms with Gasteiger partial charge in [0.2, 0.25) is 0 Å². The summed E-state index contributed by atoms with van der Waals surface area (Å²) in [6.45, 7) is 3.80. The molecule has 1 aromatic heterocycles. The van der Waals surface area contributed by atoms with Crippen molar-refractivity contribution in [2.45, 2.75) is 25.5 Å². The van der Waals surface area contributed by atoms with Crippen molar-refractivity contribution in [2.24, 2.45) is 7.05 Å². The van der Waals surface area contributed by atoms with Gasteiger partial charge in [-0.3, -0.25) is 4.79 Å². The van der Waals surface area contributed by atoms with Gasteiger partial charge in [-0.25, -0.2) is 4.79 Å². The number of aromatic nitrogens is 3. The molecule has 0 atom stereocenters. The van der Waals surface area contributed by atoms with Crippen molar-refractivity contribution in [2.75, 3.05) is 11.1 Å². The van der Waals surface area contributed by atoms with Crippen molar-refractivity contribution < 1.29 is 9.59 Å². The highest BCUT2D eigenvalue weighted by Gasteiger charge is 2.10. The van der Waals surface area contributed by atoms with Crippen LogP contribution in [0.15, 0.2) is 29.4 Å². The van der Waals surface area contributed by atoms with Gasteiger partial charge in [-0.15, -0.1) is 10.2 Å². The zero-order valence-electron chi connectivity index (χ0n) is 13.3. The van der Waals surface area contributed by atoms with Gasteiger partial charge in [-0.05, 0) is 24.8 Å². The van der Waals surface area contributed by atoms with Gasteiger partial charge < -0.3 is 15.2 Å². The number of carbonyl (C=O) groups is 2. The fraction of sp³-hybridized carbons (Fsp3) is 0.333. The number of rotatable bonds is 6. The number of thioether (sulfide) groups is 1. The largest absolute Gasteiger partial charge is 0.331 e. The molecule has 122 valence electrons. The Morgan fingerprint density at radius 2 is 2.09 bits per heavy atom. The topological polar surface area (TPSA) is 88.9 Å². The van der Waals surface area contributed by atoms with E-state index in [1.165, 1.54) is 6.92 Å². The standard InChI is InChI=1S/C15H19N5O2S/c1-4-23-15-19-18-13(20(15)3)9-16-14(22)17-12-7-5-6-11(8-12)10(2)21/h5-8H,4,9H2,1-3H3,(H2,16,17,22). The van der Waals surface area contributed by atoms with Gasteiger partial charge in [-0.1, -0.05) is 30.8 Å². The molecular weight excluding hydrogens is 314 g/mol. The lowest BCUT2D eigenvalue weighted by molar-refractivity contribution is 0.101. The van der Waals surface area contributed by atoms with Crippen molar-refractivity contribution >= 4 is 29.3 Å². The number of hydrogen-bond acceptors (Lipinski definition) is 5. The Labute approximate surface area is 138 Å². The lowest BCUT2D eigenvalue weighted by Crippen LogP contribution is -2.29. The first-order chi connectivity index (χ1) is 11.0. The molecule has 2 amide bonds. The molecule has 0 aliphatic heterocycles. The zero-order chi connectivity index (χ0) is 16.8. The van der Waals surface area contributed by atoms with Crippen LogP contribution in [-0.2, 0) is 13.6 Å². The Balaban J connectivity index is 1.93. The molecule has 2 N–H and O–H groups in total. The summed E-state index contributed by atoms with van der Waals surface area (Å²) in [6, 6.07) is 6.43. The molecule has 8 heteroatoms. The Morgan fingerprint density at radius 1 is 1.30 bits per heavy atom. The Bertz CT molecular complexity index is 714. The Hall–Kier alpha value is -2.35. The van der Waals surface area contributed by atoms with Crippen LogP contribution in [0.2, 0.25) is 0 Å². The number of amides is 2. The number of urea groups is 1. The van der Waals surface area contributed by atoms with E-state index >= 15 is 0 Å². The molecule has 0 fully saturated rings. The van der Waals surface area contributed by atoms with E-state index in [2.05, 4.69) is 20.8 Å². The number of ketones is 1. The highest BCUT2D eigenvalue weighted by Crippen LogP contribution is 2.14. The molecule has 0 spiro atoms. The van der Waals surface area contributed by atoms with Gasteiger partial charge in [0.05, 0.1) is 6.54 Å². The maximum Gasteiger partial charge on any atom is 0.319 e. The summed E-state index contributed by atoms with van der Waals surface area (Å²) in [5.41, 5.74) is 1.12. The van der Waals surface area contributed by atoms with Crippen molar-refractivity contribution in [3.63, 3.8) is 0 Å². The van der Waals surface area contributed by atoms with Gasteiger partial charge in [0.25, 0.3) is 0 Å². The number of carbonyl (C=O) groups excluding carboxylic acids is 2. The highest BCUT2D eigenvalue weighted by molar-refractivity contribution is 7.99. The van der Waals surface area contributed by atoms with Crippen LogP contribution in [-0.4, -0.2) is 32.3 Å². The van der Waals surface area contributed by atoms with Gasteiger partial charge >= 0.3 is 6.03 Å². The average Bonchev–Trinajstić information content (AvgIpc) is 2.86. The van der Waals surface area contributed by atoms with E-state index in [0.29, 0.717) is 17.1 Å². The van der Waals surface area contributed by atoms with Gasteiger partial charge in [0.15, 0.2) is 16.8 Å².